The third kappa shape index (κ3) is 2.10. The zero-order valence-electron chi connectivity index (χ0n) is 9.70. The second kappa shape index (κ2) is 4.24. The molecule has 3 nitrogen and oxygen atoms in total. The molecule has 15 heavy (non-hydrogen) atoms. The summed E-state index contributed by atoms with van der Waals surface area (Å²) in [6.07, 6.45) is 2.49. The van der Waals surface area contributed by atoms with Crippen molar-refractivity contribution in [1.82, 2.24) is 4.90 Å². The highest BCUT2D eigenvalue weighted by atomic mass is 32.2. The first kappa shape index (κ1) is 11.1. The Hall–Kier alpha value is -0.380. The van der Waals surface area contributed by atoms with Crippen molar-refractivity contribution in [1.29, 1.82) is 0 Å². The first-order valence-corrected chi connectivity index (χ1v) is 6.95. The van der Waals surface area contributed by atoms with Gasteiger partial charge in [0.1, 0.15) is 0 Å². The molecule has 0 aromatic carbocycles. The lowest BCUT2D eigenvalue weighted by atomic mass is 9.90. The summed E-state index contributed by atoms with van der Waals surface area (Å²) in [4.78, 5) is 6.83. The van der Waals surface area contributed by atoms with Gasteiger partial charge in [-0.25, -0.2) is 0 Å². The molecule has 4 heteroatoms. The molecule has 0 bridgehead atoms. The lowest BCUT2D eigenvalue weighted by Gasteiger charge is -2.42. The molecule has 0 radical (unpaired) electrons. The number of aliphatic imine (C=N–C) groups is 1. The Morgan fingerprint density at radius 3 is 2.73 bits per heavy atom. The van der Waals surface area contributed by atoms with E-state index < -0.39 is 0 Å². The summed E-state index contributed by atoms with van der Waals surface area (Å²) in [6, 6.07) is 0. The van der Waals surface area contributed by atoms with E-state index in [9.17, 15) is 0 Å². The third-order valence-corrected chi connectivity index (χ3v) is 4.34. The van der Waals surface area contributed by atoms with Crippen LogP contribution in [0.5, 0.6) is 0 Å². The van der Waals surface area contributed by atoms with E-state index in [2.05, 4.69) is 35.5 Å². The molecule has 2 N–H and O–H groups in total. The molecular formula is C11H21N3S. The Balaban J connectivity index is 2.11. The van der Waals surface area contributed by atoms with Crippen molar-refractivity contribution in [3.63, 3.8) is 0 Å². The molecular weight excluding hydrogens is 206 g/mol. The van der Waals surface area contributed by atoms with Crippen molar-refractivity contribution < 1.29 is 0 Å². The maximum atomic E-state index is 6.00. The van der Waals surface area contributed by atoms with Crippen LogP contribution in [0.2, 0.25) is 0 Å². The highest BCUT2D eigenvalue weighted by Gasteiger charge is 2.42. The van der Waals surface area contributed by atoms with Gasteiger partial charge in [-0.05, 0) is 30.3 Å². The summed E-state index contributed by atoms with van der Waals surface area (Å²) in [6.45, 7) is 6.47. The fourth-order valence-corrected chi connectivity index (χ4v) is 3.73. The highest BCUT2D eigenvalue weighted by molar-refractivity contribution is 7.99. The lowest BCUT2D eigenvalue weighted by Crippen LogP contribution is -2.54. The fourth-order valence-electron chi connectivity index (χ4n) is 2.47. The molecule has 1 spiro atoms. The molecule has 0 unspecified atom stereocenters. The maximum Gasteiger partial charge on any atom is 0.191 e. The summed E-state index contributed by atoms with van der Waals surface area (Å²) < 4.78 is 0. The Kier molecular flexibility index (Phi) is 3.14. The van der Waals surface area contributed by atoms with Crippen molar-refractivity contribution in [2.75, 3.05) is 24.6 Å². The Labute approximate surface area is 96.5 Å². The largest absolute Gasteiger partial charge is 0.370 e. The van der Waals surface area contributed by atoms with Crippen LogP contribution >= 0.6 is 11.8 Å². The van der Waals surface area contributed by atoms with Gasteiger partial charge >= 0.3 is 0 Å². The van der Waals surface area contributed by atoms with Gasteiger partial charge in [-0.15, -0.1) is 0 Å². The monoisotopic (exact) mass is 227 g/mol. The van der Waals surface area contributed by atoms with Crippen LogP contribution in [0.25, 0.3) is 0 Å². The van der Waals surface area contributed by atoms with Crippen molar-refractivity contribution in [3.05, 3.63) is 0 Å². The smallest absolute Gasteiger partial charge is 0.191 e. The van der Waals surface area contributed by atoms with Crippen LogP contribution in [0.4, 0.5) is 0 Å². The summed E-state index contributed by atoms with van der Waals surface area (Å²) in [5.74, 6) is 3.95. The minimum absolute atomic E-state index is 0.277. The number of thioether (sulfide) groups is 1. The van der Waals surface area contributed by atoms with Gasteiger partial charge in [-0.2, -0.15) is 11.8 Å². The number of nitrogens with zero attached hydrogens (tertiary/aromatic N) is 2. The standard InChI is InChI=1S/C11H21N3S/c1-9(2)7-14-10(12)13-8-11(14)3-5-15-6-4-11/h9H,3-8H2,1-2H3,(H2,12,13). The van der Waals surface area contributed by atoms with E-state index in [4.69, 9.17) is 5.73 Å². The summed E-state index contributed by atoms with van der Waals surface area (Å²) in [5, 5.41) is 0. The molecule has 1 saturated heterocycles. The van der Waals surface area contributed by atoms with Crippen LogP contribution in [0.3, 0.4) is 0 Å². The van der Waals surface area contributed by atoms with Gasteiger partial charge in [0.2, 0.25) is 0 Å². The minimum Gasteiger partial charge on any atom is -0.370 e. The second-order valence-electron chi connectivity index (χ2n) is 5.02. The number of rotatable bonds is 2. The second-order valence-corrected chi connectivity index (χ2v) is 6.24. The fraction of sp³-hybridized carbons (Fsp3) is 0.909. The van der Waals surface area contributed by atoms with Gasteiger partial charge in [0.25, 0.3) is 0 Å². The minimum atomic E-state index is 0.277. The zero-order chi connectivity index (χ0) is 10.9. The molecule has 2 aliphatic rings. The normalized spacial score (nSPS) is 25.0. The molecule has 0 aromatic heterocycles. The maximum absolute atomic E-state index is 6.00. The SMILES string of the molecule is CC(C)CN1C(N)=NCC12CCSCC2. The average Bonchev–Trinajstić information content (AvgIpc) is 2.48. The Morgan fingerprint density at radius 2 is 2.13 bits per heavy atom. The average molecular weight is 227 g/mol. The molecule has 0 amide bonds. The molecule has 2 aliphatic heterocycles. The van der Waals surface area contributed by atoms with Crippen LogP contribution in [0.1, 0.15) is 26.7 Å². The Morgan fingerprint density at radius 1 is 1.47 bits per heavy atom. The van der Waals surface area contributed by atoms with Crippen LogP contribution in [-0.2, 0) is 0 Å². The van der Waals surface area contributed by atoms with Crippen molar-refractivity contribution in [2.45, 2.75) is 32.2 Å². The third-order valence-electron chi connectivity index (χ3n) is 3.36. The predicted octanol–water partition coefficient (Wildman–Crippen LogP) is 1.54. The van der Waals surface area contributed by atoms with Crippen LogP contribution in [0.15, 0.2) is 4.99 Å². The van der Waals surface area contributed by atoms with Crippen molar-refractivity contribution in [3.8, 4) is 0 Å². The number of guanidine groups is 1. The summed E-state index contributed by atoms with van der Waals surface area (Å²) in [5.41, 5.74) is 6.28. The number of hydrogen-bond donors (Lipinski definition) is 1. The molecule has 2 heterocycles. The van der Waals surface area contributed by atoms with Gasteiger partial charge in [-0.3, -0.25) is 4.99 Å². The topological polar surface area (TPSA) is 41.6 Å². The quantitative estimate of drug-likeness (QED) is 0.778. The lowest BCUT2D eigenvalue weighted by molar-refractivity contribution is 0.169. The van der Waals surface area contributed by atoms with Crippen molar-refractivity contribution in [2.24, 2.45) is 16.6 Å². The molecule has 0 saturated carbocycles. The Bertz CT molecular complexity index is 257. The van der Waals surface area contributed by atoms with Gasteiger partial charge in [0, 0.05) is 6.54 Å². The van der Waals surface area contributed by atoms with Crippen LogP contribution < -0.4 is 5.73 Å². The predicted molar refractivity (Wildman–Crippen MR) is 67.3 cm³/mol. The molecule has 0 aromatic rings. The van der Waals surface area contributed by atoms with Crippen LogP contribution in [0, 0.1) is 5.92 Å². The van der Waals surface area contributed by atoms with Crippen molar-refractivity contribution >= 4 is 17.7 Å². The van der Waals surface area contributed by atoms with Gasteiger partial charge in [0.05, 0.1) is 12.1 Å². The molecule has 2 rings (SSSR count). The van der Waals surface area contributed by atoms with Crippen LogP contribution in [-0.4, -0.2) is 41.0 Å². The van der Waals surface area contributed by atoms with E-state index in [1.807, 2.05) is 0 Å². The van der Waals surface area contributed by atoms with E-state index in [-0.39, 0.29) is 5.54 Å². The number of hydrogen-bond acceptors (Lipinski definition) is 4. The molecule has 86 valence electrons. The van der Waals surface area contributed by atoms with Gasteiger partial charge in [0.15, 0.2) is 5.96 Å². The van der Waals surface area contributed by atoms with E-state index in [0.29, 0.717) is 5.92 Å². The van der Waals surface area contributed by atoms with E-state index in [0.717, 1.165) is 19.0 Å². The first-order valence-electron chi connectivity index (χ1n) is 5.79. The summed E-state index contributed by atoms with van der Waals surface area (Å²) in [7, 11) is 0. The van der Waals surface area contributed by atoms with Gasteiger partial charge < -0.3 is 10.6 Å². The first-order chi connectivity index (χ1) is 7.14. The number of nitrogens with two attached hydrogens (primary N) is 1. The van der Waals surface area contributed by atoms with E-state index >= 15 is 0 Å². The van der Waals surface area contributed by atoms with Gasteiger partial charge in [-0.1, -0.05) is 13.8 Å². The van der Waals surface area contributed by atoms with E-state index in [1.54, 1.807) is 0 Å². The van der Waals surface area contributed by atoms with E-state index in [1.165, 1.54) is 24.3 Å². The summed E-state index contributed by atoms with van der Waals surface area (Å²) >= 11 is 2.06. The molecule has 1 fully saturated rings. The molecule has 0 aliphatic carbocycles. The highest BCUT2D eigenvalue weighted by Crippen LogP contribution is 2.36. The zero-order valence-corrected chi connectivity index (χ0v) is 10.5. The molecule has 0 atom stereocenters.